The Morgan fingerprint density at radius 2 is 1.83 bits per heavy atom. The average molecular weight is 255 g/mol. The molecule has 0 aromatic carbocycles. The van der Waals surface area contributed by atoms with Crippen LogP contribution in [0.2, 0.25) is 0 Å². The Hall–Kier alpha value is -0.570. The van der Waals surface area contributed by atoms with Crippen LogP contribution in [0.15, 0.2) is 0 Å². The maximum Gasteiger partial charge on any atom is 0.220 e. The molecule has 0 aromatic heterocycles. The third kappa shape index (κ3) is 5.38. The summed E-state index contributed by atoms with van der Waals surface area (Å²) in [6.45, 7) is 9.44. The van der Waals surface area contributed by atoms with Crippen molar-refractivity contribution in [3.8, 4) is 0 Å². The molecule has 1 saturated carbocycles. The molecule has 0 aliphatic heterocycles. The molecule has 0 saturated heterocycles. The second kappa shape index (κ2) is 6.55. The van der Waals surface area contributed by atoms with E-state index in [4.69, 9.17) is 0 Å². The number of hydrogen-bond donors (Lipinski definition) is 2. The first kappa shape index (κ1) is 15.5. The van der Waals surface area contributed by atoms with Gasteiger partial charge in [0.2, 0.25) is 5.91 Å². The molecule has 1 fully saturated rings. The molecule has 1 aliphatic carbocycles. The number of carbonyl (C=O) groups is 1. The van der Waals surface area contributed by atoms with Crippen molar-refractivity contribution in [1.82, 2.24) is 5.32 Å². The molecule has 1 unspecified atom stereocenters. The molecule has 0 heterocycles. The van der Waals surface area contributed by atoms with Crippen LogP contribution in [-0.4, -0.2) is 23.7 Å². The van der Waals surface area contributed by atoms with E-state index in [1.54, 1.807) is 0 Å². The van der Waals surface area contributed by atoms with Crippen LogP contribution >= 0.6 is 0 Å². The van der Waals surface area contributed by atoms with Gasteiger partial charge in [-0.3, -0.25) is 4.79 Å². The fourth-order valence-electron chi connectivity index (χ4n) is 2.26. The third-order valence-corrected chi connectivity index (χ3v) is 4.37. The van der Waals surface area contributed by atoms with Crippen molar-refractivity contribution < 1.29 is 9.90 Å². The van der Waals surface area contributed by atoms with Crippen LogP contribution in [0, 0.1) is 17.3 Å². The van der Waals surface area contributed by atoms with Gasteiger partial charge in [-0.25, -0.2) is 0 Å². The number of amides is 1. The monoisotopic (exact) mass is 255 g/mol. The van der Waals surface area contributed by atoms with Crippen molar-refractivity contribution in [2.75, 3.05) is 6.54 Å². The first-order valence-electron chi connectivity index (χ1n) is 7.23. The minimum absolute atomic E-state index is 0.113. The summed E-state index contributed by atoms with van der Waals surface area (Å²) in [4.78, 5) is 11.8. The van der Waals surface area contributed by atoms with Crippen LogP contribution in [0.4, 0.5) is 0 Å². The first-order valence-corrected chi connectivity index (χ1v) is 7.23. The molecule has 1 atom stereocenters. The van der Waals surface area contributed by atoms with E-state index in [2.05, 4.69) is 33.0 Å². The van der Waals surface area contributed by atoms with Gasteiger partial charge in [0.1, 0.15) is 0 Å². The Morgan fingerprint density at radius 1 is 1.28 bits per heavy atom. The van der Waals surface area contributed by atoms with Gasteiger partial charge in [0.15, 0.2) is 0 Å². The molecule has 1 rings (SSSR count). The predicted molar refractivity (Wildman–Crippen MR) is 74.2 cm³/mol. The van der Waals surface area contributed by atoms with Gasteiger partial charge in [0.05, 0.1) is 6.10 Å². The van der Waals surface area contributed by atoms with Gasteiger partial charge in [0.25, 0.3) is 0 Å². The Morgan fingerprint density at radius 3 is 2.33 bits per heavy atom. The average Bonchev–Trinajstić information content (AvgIpc) is 2.27. The van der Waals surface area contributed by atoms with Crippen LogP contribution in [0.5, 0.6) is 0 Å². The molecule has 106 valence electrons. The van der Waals surface area contributed by atoms with E-state index in [0.717, 1.165) is 32.2 Å². The Bertz CT molecular complexity index is 262. The van der Waals surface area contributed by atoms with Gasteiger partial charge in [-0.05, 0) is 42.9 Å². The quantitative estimate of drug-likeness (QED) is 0.811. The lowest BCUT2D eigenvalue weighted by atomic mass is 9.80. The summed E-state index contributed by atoms with van der Waals surface area (Å²) < 4.78 is 0. The van der Waals surface area contributed by atoms with Crippen LogP contribution < -0.4 is 5.32 Å². The predicted octanol–water partition coefficient (Wildman–Crippen LogP) is 2.73. The van der Waals surface area contributed by atoms with Gasteiger partial charge < -0.3 is 10.4 Å². The zero-order chi connectivity index (χ0) is 13.8. The van der Waals surface area contributed by atoms with E-state index in [1.807, 2.05) is 0 Å². The molecular weight excluding hydrogens is 226 g/mol. The summed E-state index contributed by atoms with van der Waals surface area (Å²) >= 11 is 0. The second-order valence-corrected chi connectivity index (χ2v) is 6.95. The fraction of sp³-hybridized carbons (Fsp3) is 0.933. The summed E-state index contributed by atoms with van der Waals surface area (Å²) in [5.74, 6) is 1.12. The summed E-state index contributed by atoms with van der Waals surface area (Å²) in [6, 6.07) is 0. The highest BCUT2D eigenvalue weighted by Gasteiger charge is 2.23. The molecule has 3 heteroatoms. The van der Waals surface area contributed by atoms with Crippen molar-refractivity contribution in [2.45, 2.75) is 65.9 Å². The Balaban J connectivity index is 2.21. The van der Waals surface area contributed by atoms with Gasteiger partial charge in [-0.1, -0.05) is 27.7 Å². The minimum Gasteiger partial charge on any atom is -0.393 e. The molecule has 0 spiro atoms. The number of hydrogen-bond acceptors (Lipinski definition) is 2. The lowest BCUT2D eigenvalue weighted by Gasteiger charge is -2.28. The van der Waals surface area contributed by atoms with Gasteiger partial charge in [-0.15, -0.1) is 0 Å². The summed E-state index contributed by atoms with van der Waals surface area (Å²) in [5, 5.41) is 12.5. The van der Waals surface area contributed by atoms with E-state index in [1.165, 1.54) is 0 Å². The number of aliphatic hydroxyl groups is 1. The molecule has 18 heavy (non-hydrogen) atoms. The first-order chi connectivity index (χ1) is 8.29. The standard InChI is InChI=1S/C15H29NO2/c1-11(15(2,3)4)9-14(18)16-10-12-5-7-13(17)8-6-12/h11-13,17H,5-10H2,1-4H3,(H,16,18). The van der Waals surface area contributed by atoms with Crippen molar-refractivity contribution in [3.63, 3.8) is 0 Å². The highest BCUT2D eigenvalue weighted by molar-refractivity contribution is 5.76. The number of aliphatic hydroxyl groups excluding tert-OH is 1. The number of nitrogens with one attached hydrogen (secondary N) is 1. The maximum absolute atomic E-state index is 11.8. The lowest BCUT2D eigenvalue weighted by Crippen LogP contribution is -2.34. The molecular formula is C15H29NO2. The molecule has 0 radical (unpaired) electrons. The summed E-state index contributed by atoms with van der Waals surface area (Å²) in [7, 11) is 0. The van der Waals surface area contributed by atoms with Crippen LogP contribution in [0.1, 0.15) is 59.8 Å². The maximum atomic E-state index is 11.8. The lowest BCUT2D eigenvalue weighted by molar-refractivity contribution is -0.122. The largest absolute Gasteiger partial charge is 0.393 e. The number of carbonyl (C=O) groups excluding carboxylic acids is 1. The van der Waals surface area contributed by atoms with E-state index in [-0.39, 0.29) is 17.4 Å². The fourth-order valence-corrected chi connectivity index (χ4v) is 2.26. The third-order valence-electron chi connectivity index (χ3n) is 4.37. The molecule has 1 amide bonds. The highest BCUT2D eigenvalue weighted by atomic mass is 16.3. The van der Waals surface area contributed by atoms with Crippen LogP contribution in [0.25, 0.3) is 0 Å². The van der Waals surface area contributed by atoms with Crippen molar-refractivity contribution >= 4 is 5.91 Å². The minimum atomic E-state index is -0.113. The van der Waals surface area contributed by atoms with E-state index in [9.17, 15) is 9.90 Å². The summed E-state index contributed by atoms with van der Waals surface area (Å²) in [6.07, 6.45) is 4.35. The van der Waals surface area contributed by atoms with Crippen molar-refractivity contribution in [3.05, 3.63) is 0 Å². The second-order valence-electron chi connectivity index (χ2n) is 6.95. The molecule has 3 nitrogen and oxygen atoms in total. The topological polar surface area (TPSA) is 49.3 Å². The molecule has 2 N–H and O–H groups in total. The van der Waals surface area contributed by atoms with E-state index in [0.29, 0.717) is 18.3 Å². The number of rotatable bonds is 4. The van der Waals surface area contributed by atoms with Crippen LogP contribution in [-0.2, 0) is 4.79 Å². The van der Waals surface area contributed by atoms with E-state index < -0.39 is 0 Å². The van der Waals surface area contributed by atoms with Gasteiger partial charge in [-0.2, -0.15) is 0 Å². The van der Waals surface area contributed by atoms with Gasteiger partial charge in [0, 0.05) is 13.0 Å². The van der Waals surface area contributed by atoms with E-state index >= 15 is 0 Å². The zero-order valence-electron chi connectivity index (χ0n) is 12.3. The molecule has 0 aromatic rings. The van der Waals surface area contributed by atoms with Crippen molar-refractivity contribution in [1.29, 1.82) is 0 Å². The SMILES string of the molecule is CC(CC(=O)NCC1CCC(O)CC1)C(C)(C)C. The zero-order valence-corrected chi connectivity index (χ0v) is 12.3. The highest BCUT2D eigenvalue weighted by Crippen LogP contribution is 2.28. The van der Waals surface area contributed by atoms with Crippen molar-refractivity contribution in [2.24, 2.45) is 17.3 Å². The smallest absolute Gasteiger partial charge is 0.220 e. The summed E-state index contributed by atoms with van der Waals surface area (Å²) in [5.41, 5.74) is 0.187. The Kier molecular flexibility index (Phi) is 5.64. The normalized spacial score (nSPS) is 26.7. The Labute approximate surface area is 111 Å². The molecule has 0 bridgehead atoms. The van der Waals surface area contributed by atoms with Gasteiger partial charge >= 0.3 is 0 Å². The molecule has 1 aliphatic rings. The van der Waals surface area contributed by atoms with Crippen LogP contribution in [0.3, 0.4) is 0 Å².